The second-order valence-corrected chi connectivity index (χ2v) is 11.3. The molecule has 6 rings (SSSR count). The van der Waals surface area contributed by atoms with Crippen LogP contribution in [0, 0.1) is 25.7 Å². The van der Waals surface area contributed by atoms with E-state index in [1.165, 1.54) is 11.8 Å². The third-order valence-corrected chi connectivity index (χ3v) is 8.13. The molecule has 2 N–H and O–H groups in total. The highest BCUT2D eigenvalue weighted by atomic mass is 16.5. The van der Waals surface area contributed by atoms with Crippen LogP contribution in [0.25, 0.3) is 0 Å². The van der Waals surface area contributed by atoms with E-state index >= 15 is 0 Å². The number of hydrogen-bond acceptors (Lipinski definition) is 6. The molecule has 4 aliphatic rings. The molecule has 3 heterocycles. The molecule has 3 aliphatic heterocycles. The first-order chi connectivity index (χ1) is 19.7. The molecule has 10 heteroatoms. The summed E-state index contributed by atoms with van der Waals surface area (Å²) in [7, 11) is 0. The number of rotatable bonds is 6. The highest BCUT2D eigenvalue weighted by Crippen LogP contribution is 2.35. The van der Waals surface area contributed by atoms with Crippen molar-refractivity contribution in [1.82, 2.24) is 10.2 Å². The summed E-state index contributed by atoms with van der Waals surface area (Å²) >= 11 is 0. The van der Waals surface area contributed by atoms with E-state index in [2.05, 4.69) is 15.6 Å². The maximum absolute atomic E-state index is 14.1. The van der Waals surface area contributed by atoms with Crippen LogP contribution < -0.4 is 15.5 Å². The topological polar surface area (TPSA) is 120 Å². The Morgan fingerprint density at radius 1 is 1.00 bits per heavy atom. The lowest BCUT2D eigenvalue weighted by Crippen LogP contribution is -2.52. The molecule has 1 unspecified atom stereocenters. The maximum atomic E-state index is 14.1. The fourth-order valence-electron chi connectivity index (χ4n) is 6.07. The number of urea groups is 1. The van der Waals surface area contributed by atoms with Gasteiger partial charge in [-0.15, -0.1) is 0 Å². The fraction of sp³-hybridized carbons (Fsp3) is 0.452. The molecule has 2 saturated heterocycles. The summed E-state index contributed by atoms with van der Waals surface area (Å²) in [5.41, 5.74) is 3.72. The van der Waals surface area contributed by atoms with Crippen LogP contribution in [-0.4, -0.2) is 66.8 Å². The van der Waals surface area contributed by atoms with Gasteiger partial charge in [0.05, 0.1) is 11.4 Å². The van der Waals surface area contributed by atoms with Crippen molar-refractivity contribution in [3.05, 3.63) is 59.2 Å². The van der Waals surface area contributed by atoms with Crippen LogP contribution in [-0.2, 0) is 19.1 Å². The van der Waals surface area contributed by atoms with E-state index in [9.17, 15) is 19.2 Å². The van der Waals surface area contributed by atoms with Gasteiger partial charge < -0.3 is 20.3 Å². The molecule has 4 amide bonds. The van der Waals surface area contributed by atoms with E-state index in [1.807, 2.05) is 49.1 Å². The van der Waals surface area contributed by atoms with Crippen LogP contribution >= 0.6 is 0 Å². The Morgan fingerprint density at radius 2 is 1.68 bits per heavy atom. The molecule has 1 atom stereocenters. The second kappa shape index (κ2) is 12.1. The Hall–Kier alpha value is -4.21. The average Bonchev–Trinajstić information content (AvgIpc) is 3.31. The zero-order chi connectivity index (χ0) is 29.1. The molecule has 3 fully saturated rings. The minimum atomic E-state index is -1.34. The number of esters is 1. The number of aryl methyl sites for hydroxylation is 2. The second-order valence-electron chi connectivity index (χ2n) is 11.3. The minimum absolute atomic E-state index is 0.127. The number of fused-ring (bicyclic) bond motifs is 5. The summed E-state index contributed by atoms with van der Waals surface area (Å²) < 4.78 is 5.28. The molecule has 1 aliphatic carbocycles. The lowest BCUT2D eigenvalue weighted by Gasteiger charge is -2.30. The first-order valence-corrected chi connectivity index (χ1v) is 14.2. The Labute approximate surface area is 240 Å². The number of para-hydroxylation sites is 1. The van der Waals surface area contributed by atoms with Gasteiger partial charge in [0.25, 0.3) is 5.91 Å². The van der Waals surface area contributed by atoms with Gasteiger partial charge in [0, 0.05) is 31.3 Å². The number of benzodiazepines with no additional fused rings is 1. The van der Waals surface area contributed by atoms with Gasteiger partial charge in [-0.2, -0.15) is 0 Å². The molecular weight excluding hydrogens is 522 g/mol. The van der Waals surface area contributed by atoms with Crippen LogP contribution in [0.15, 0.2) is 47.5 Å². The SMILES string of the molecule is CC(=O)OCC1=NC(NC(=O)Nc2cccc(C)c2)C(=O)N(CC(=O)N2CC3CCC(CC3)C2)c2c(C)cccc21. The maximum Gasteiger partial charge on any atom is 0.321 e. The smallest absolute Gasteiger partial charge is 0.321 e. The van der Waals surface area contributed by atoms with Gasteiger partial charge in [-0.3, -0.25) is 24.3 Å². The third-order valence-electron chi connectivity index (χ3n) is 8.13. The zero-order valence-electron chi connectivity index (χ0n) is 23.8. The summed E-state index contributed by atoms with van der Waals surface area (Å²) in [4.78, 5) is 60.5. The Morgan fingerprint density at radius 3 is 2.34 bits per heavy atom. The van der Waals surface area contributed by atoms with Crippen LogP contribution in [0.4, 0.5) is 16.2 Å². The van der Waals surface area contributed by atoms with Crippen molar-refractivity contribution in [2.45, 2.75) is 52.6 Å². The number of anilines is 2. The van der Waals surface area contributed by atoms with Crippen molar-refractivity contribution in [3.8, 4) is 0 Å². The zero-order valence-corrected chi connectivity index (χ0v) is 23.8. The lowest BCUT2D eigenvalue weighted by atomic mass is 9.84. The molecule has 0 spiro atoms. The van der Waals surface area contributed by atoms with Gasteiger partial charge in [-0.25, -0.2) is 4.79 Å². The van der Waals surface area contributed by atoms with Gasteiger partial charge in [-0.05, 0) is 74.6 Å². The lowest BCUT2D eigenvalue weighted by molar-refractivity contribution is -0.139. The fourth-order valence-corrected chi connectivity index (χ4v) is 6.07. The number of ether oxygens (including phenoxy) is 1. The average molecular weight is 560 g/mol. The number of nitrogens with one attached hydrogen (secondary N) is 2. The summed E-state index contributed by atoms with van der Waals surface area (Å²) in [6, 6.07) is 12.1. The molecule has 41 heavy (non-hydrogen) atoms. The number of carbonyl (C=O) groups excluding carboxylic acids is 4. The van der Waals surface area contributed by atoms with E-state index in [0.717, 1.165) is 36.8 Å². The molecule has 2 bridgehead atoms. The summed E-state index contributed by atoms with van der Waals surface area (Å²) in [6.07, 6.45) is 3.19. The number of benzene rings is 2. The molecule has 2 aromatic carbocycles. The summed E-state index contributed by atoms with van der Waals surface area (Å²) in [5.74, 6) is -0.182. The van der Waals surface area contributed by atoms with E-state index < -0.39 is 24.1 Å². The molecule has 0 radical (unpaired) electrons. The highest BCUT2D eigenvalue weighted by Gasteiger charge is 2.37. The quantitative estimate of drug-likeness (QED) is 0.522. The standard InChI is InChI=1S/C31H37N5O5/c1-19-6-4-8-24(14-19)32-31(40)34-29-30(39)36(17-27(38)35-15-22-10-11-23(16-35)13-12-22)28-20(2)7-5-9-25(28)26(33-29)18-41-21(3)37/h4-9,14,22-23,29H,10-13,15-18H2,1-3H3,(H2,32,34,40). The van der Waals surface area contributed by atoms with Crippen molar-refractivity contribution in [1.29, 1.82) is 0 Å². The number of aliphatic imine (C=N–C) groups is 1. The van der Waals surface area contributed by atoms with Crippen LogP contribution in [0.3, 0.4) is 0 Å². The van der Waals surface area contributed by atoms with Gasteiger partial charge in [0.15, 0.2) is 0 Å². The number of carbonyl (C=O) groups is 4. The van der Waals surface area contributed by atoms with Gasteiger partial charge in [-0.1, -0.05) is 30.3 Å². The van der Waals surface area contributed by atoms with Gasteiger partial charge >= 0.3 is 12.0 Å². The van der Waals surface area contributed by atoms with Crippen molar-refractivity contribution < 1.29 is 23.9 Å². The van der Waals surface area contributed by atoms with E-state index in [-0.39, 0.29) is 19.1 Å². The van der Waals surface area contributed by atoms with Crippen LogP contribution in [0.2, 0.25) is 0 Å². The van der Waals surface area contributed by atoms with Crippen LogP contribution in [0.5, 0.6) is 0 Å². The van der Waals surface area contributed by atoms with Crippen LogP contribution in [0.1, 0.15) is 49.3 Å². The van der Waals surface area contributed by atoms with E-state index in [0.29, 0.717) is 47.6 Å². The third kappa shape index (κ3) is 6.58. The molecule has 216 valence electrons. The largest absolute Gasteiger partial charge is 0.459 e. The number of nitrogens with zero attached hydrogens (tertiary/aromatic N) is 3. The number of hydrogen-bond donors (Lipinski definition) is 2. The van der Waals surface area contributed by atoms with Crippen molar-refractivity contribution in [3.63, 3.8) is 0 Å². The van der Waals surface area contributed by atoms with Crippen molar-refractivity contribution in [2.75, 3.05) is 36.5 Å². The highest BCUT2D eigenvalue weighted by molar-refractivity contribution is 6.16. The predicted octanol–water partition coefficient (Wildman–Crippen LogP) is 3.80. The monoisotopic (exact) mass is 559 g/mol. The van der Waals surface area contributed by atoms with Crippen molar-refractivity contribution in [2.24, 2.45) is 16.8 Å². The molecular formula is C31H37N5O5. The number of amides is 4. The Balaban J connectivity index is 1.46. The van der Waals surface area contributed by atoms with Gasteiger partial charge in [0.2, 0.25) is 12.1 Å². The molecule has 0 aromatic heterocycles. The summed E-state index contributed by atoms with van der Waals surface area (Å²) in [6.45, 7) is 6.10. The Kier molecular flexibility index (Phi) is 8.37. The first kappa shape index (κ1) is 28.3. The van der Waals surface area contributed by atoms with E-state index in [1.54, 1.807) is 12.1 Å². The summed E-state index contributed by atoms with van der Waals surface area (Å²) in [5, 5.41) is 5.42. The molecule has 2 aromatic rings. The molecule has 1 saturated carbocycles. The predicted molar refractivity (Wildman–Crippen MR) is 156 cm³/mol. The minimum Gasteiger partial charge on any atom is -0.459 e. The molecule has 10 nitrogen and oxygen atoms in total. The van der Waals surface area contributed by atoms with E-state index in [4.69, 9.17) is 4.74 Å². The van der Waals surface area contributed by atoms with Crippen molar-refractivity contribution >= 4 is 40.9 Å². The van der Waals surface area contributed by atoms with Gasteiger partial charge in [0.1, 0.15) is 13.2 Å². The Bertz CT molecular complexity index is 1370. The first-order valence-electron chi connectivity index (χ1n) is 14.2. The normalized spacial score (nSPS) is 21.8.